The van der Waals surface area contributed by atoms with Crippen molar-refractivity contribution in [1.29, 1.82) is 0 Å². The molecular weight excluding hydrogens is 242 g/mol. The highest BCUT2D eigenvalue weighted by molar-refractivity contribution is 5.40. The lowest BCUT2D eigenvalue weighted by Crippen LogP contribution is -2.15. The molecule has 1 aromatic carbocycles. The molecule has 4 nitrogen and oxygen atoms in total. The lowest BCUT2D eigenvalue weighted by molar-refractivity contribution is 0.171. The monoisotopic (exact) mass is 267 g/mol. The number of hydrogen-bond donors (Lipinski definition) is 1. The molecule has 0 aliphatic heterocycles. The van der Waals surface area contributed by atoms with Crippen LogP contribution in [0.4, 0.5) is 0 Å². The van der Waals surface area contributed by atoms with Crippen LogP contribution in [0.15, 0.2) is 18.2 Å². The predicted molar refractivity (Wildman–Crippen MR) is 77.0 cm³/mol. The van der Waals surface area contributed by atoms with E-state index in [2.05, 4.69) is 12.2 Å². The Balaban J connectivity index is 2.60. The smallest absolute Gasteiger partial charge is 0.127 e. The van der Waals surface area contributed by atoms with Crippen molar-refractivity contribution in [3.63, 3.8) is 0 Å². The summed E-state index contributed by atoms with van der Waals surface area (Å²) in [5, 5.41) is 3.39. The van der Waals surface area contributed by atoms with Crippen molar-refractivity contribution in [3.8, 4) is 11.5 Å². The molecule has 0 heterocycles. The maximum absolute atomic E-state index is 5.81. The van der Waals surface area contributed by atoms with Crippen molar-refractivity contribution in [2.45, 2.75) is 26.3 Å². The molecule has 0 radical (unpaired) electrons. The van der Waals surface area contributed by atoms with Crippen molar-refractivity contribution >= 4 is 0 Å². The number of benzene rings is 1. The van der Waals surface area contributed by atoms with Gasteiger partial charge in [-0.15, -0.1) is 0 Å². The molecule has 0 saturated carbocycles. The quantitative estimate of drug-likeness (QED) is 0.661. The minimum Gasteiger partial charge on any atom is -0.497 e. The van der Waals surface area contributed by atoms with Crippen LogP contribution in [0.1, 0.15) is 25.3 Å². The normalized spacial score (nSPS) is 10.5. The van der Waals surface area contributed by atoms with Crippen molar-refractivity contribution in [2.75, 3.05) is 34.0 Å². The summed E-state index contributed by atoms with van der Waals surface area (Å²) in [5.74, 6) is 1.71. The maximum atomic E-state index is 5.81. The van der Waals surface area contributed by atoms with E-state index in [4.69, 9.17) is 14.2 Å². The zero-order valence-corrected chi connectivity index (χ0v) is 12.2. The standard InChI is InChI=1S/C15H25NO3/c1-4-8-16-12-13-6-7-14(18-3)11-15(13)19-10-5-9-17-2/h6-7,11,16H,4-5,8-10,12H2,1-3H3. The molecule has 0 aliphatic carbocycles. The second kappa shape index (κ2) is 9.64. The third kappa shape index (κ3) is 5.94. The molecule has 0 bridgehead atoms. The second-order valence-corrected chi connectivity index (χ2v) is 4.35. The number of methoxy groups -OCH3 is 2. The van der Waals surface area contributed by atoms with E-state index in [1.165, 1.54) is 0 Å². The number of nitrogens with one attached hydrogen (secondary N) is 1. The summed E-state index contributed by atoms with van der Waals surface area (Å²) >= 11 is 0. The predicted octanol–water partition coefficient (Wildman–Crippen LogP) is 2.61. The molecule has 19 heavy (non-hydrogen) atoms. The van der Waals surface area contributed by atoms with E-state index in [-0.39, 0.29) is 0 Å². The first-order valence-corrected chi connectivity index (χ1v) is 6.81. The van der Waals surface area contributed by atoms with Crippen molar-refractivity contribution in [2.24, 2.45) is 0 Å². The molecule has 4 heteroatoms. The Bertz CT molecular complexity index is 355. The highest BCUT2D eigenvalue weighted by Gasteiger charge is 2.05. The van der Waals surface area contributed by atoms with Crippen LogP contribution < -0.4 is 14.8 Å². The van der Waals surface area contributed by atoms with Crippen molar-refractivity contribution in [1.82, 2.24) is 5.32 Å². The maximum Gasteiger partial charge on any atom is 0.127 e. The Hall–Kier alpha value is -1.26. The zero-order valence-electron chi connectivity index (χ0n) is 12.2. The molecule has 0 atom stereocenters. The van der Waals surface area contributed by atoms with Crippen LogP contribution in [0.3, 0.4) is 0 Å². The van der Waals surface area contributed by atoms with Crippen LogP contribution in [0.2, 0.25) is 0 Å². The van der Waals surface area contributed by atoms with Crippen molar-refractivity contribution < 1.29 is 14.2 Å². The molecule has 0 amide bonds. The Labute approximate surface area is 116 Å². The van der Waals surface area contributed by atoms with E-state index in [1.807, 2.05) is 18.2 Å². The van der Waals surface area contributed by atoms with Crippen LogP contribution in [-0.4, -0.2) is 34.0 Å². The third-order valence-electron chi connectivity index (χ3n) is 2.77. The summed E-state index contributed by atoms with van der Waals surface area (Å²) in [5.41, 5.74) is 1.16. The molecule has 0 unspecified atom stereocenters. The first-order chi connectivity index (χ1) is 9.31. The molecule has 0 fully saturated rings. The fourth-order valence-electron chi connectivity index (χ4n) is 1.73. The Morgan fingerprint density at radius 3 is 2.68 bits per heavy atom. The van der Waals surface area contributed by atoms with E-state index in [1.54, 1.807) is 14.2 Å². The van der Waals surface area contributed by atoms with Gasteiger partial charge < -0.3 is 19.5 Å². The Morgan fingerprint density at radius 2 is 2.00 bits per heavy atom. The van der Waals surface area contributed by atoms with E-state index >= 15 is 0 Å². The van der Waals surface area contributed by atoms with E-state index in [0.717, 1.165) is 43.0 Å². The van der Waals surface area contributed by atoms with Gasteiger partial charge in [-0.25, -0.2) is 0 Å². The molecule has 0 aliphatic rings. The lowest BCUT2D eigenvalue weighted by atomic mass is 10.2. The first-order valence-electron chi connectivity index (χ1n) is 6.81. The molecule has 0 aromatic heterocycles. The van der Waals surface area contributed by atoms with E-state index < -0.39 is 0 Å². The van der Waals surface area contributed by atoms with Gasteiger partial charge in [-0.2, -0.15) is 0 Å². The van der Waals surface area contributed by atoms with Crippen LogP contribution in [0.25, 0.3) is 0 Å². The average molecular weight is 267 g/mol. The van der Waals surface area contributed by atoms with Crippen LogP contribution >= 0.6 is 0 Å². The largest absolute Gasteiger partial charge is 0.497 e. The van der Waals surface area contributed by atoms with Gasteiger partial charge in [0, 0.05) is 38.3 Å². The molecular formula is C15H25NO3. The summed E-state index contributed by atoms with van der Waals surface area (Å²) in [4.78, 5) is 0. The number of ether oxygens (including phenoxy) is 3. The van der Waals surface area contributed by atoms with Gasteiger partial charge >= 0.3 is 0 Å². The van der Waals surface area contributed by atoms with Crippen LogP contribution in [0.5, 0.6) is 11.5 Å². The SMILES string of the molecule is CCCNCc1ccc(OC)cc1OCCCOC. The fourth-order valence-corrected chi connectivity index (χ4v) is 1.73. The summed E-state index contributed by atoms with van der Waals surface area (Å²) in [6, 6.07) is 5.95. The van der Waals surface area contributed by atoms with Gasteiger partial charge in [-0.3, -0.25) is 0 Å². The van der Waals surface area contributed by atoms with Gasteiger partial charge in [0.15, 0.2) is 0 Å². The Morgan fingerprint density at radius 1 is 1.16 bits per heavy atom. The van der Waals surface area contributed by atoms with Crippen LogP contribution in [-0.2, 0) is 11.3 Å². The van der Waals surface area contributed by atoms with Gasteiger partial charge in [-0.05, 0) is 19.0 Å². The highest BCUT2D eigenvalue weighted by Crippen LogP contribution is 2.25. The number of hydrogen-bond acceptors (Lipinski definition) is 4. The lowest BCUT2D eigenvalue weighted by Gasteiger charge is -2.13. The molecule has 1 rings (SSSR count). The van der Waals surface area contributed by atoms with Gasteiger partial charge in [0.25, 0.3) is 0 Å². The first kappa shape index (κ1) is 15.8. The molecule has 0 saturated heterocycles. The topological polar surface area (TPSA) is 39.7 Å². The summed E-state index contributed by atoms with van der Waals surface area (Å²) in [7, 11) is 3.37. The second-order valence-electron chi connectivity index (χ2n) is 4.35. The zero-order chi connectivity index (χ0) is 13.9. The summed E-state index contributed by atoms with van der Waals surface area (Å²) in [6.07, 6.45) is 2.01. The summed E-state index contributed by atoms with van der Waals surface area (Å²) < 4.78 is 16.1. The average Bonchev–Trinajstić information content (AvgIpc) is 2.45. The van der Waals surface area contributed by atoms with Gasteiger partial charge in [-0.1, -0.05) is 13.0 Å². The van der Waals surface area contributed by atoms with Gasteiger partial charge in [0.1, 0.15) is 11.5 Å². The van der Waals surface area contributed by atoms with Crippen LogP contribution in [0, 0.1) is 0 Å². The van der Waals surface area contributed by atoms with E-state index in [0.29, 0.717) is 13.2 Å². The number of rotatable bonds is 10. The molecule has 1 N–H and O–H groups in total. The Kier molecular flexibility index (Phi) is 8.02. The summed E-state index contributed by atoms with van der Waals surface area (Å²) in [6.45, 7) is 5.35. The van der Waals surface area contributed by atoms with Crippen molar-refractivity contribution in [3.05, 3.63) is 23.8 Å². The van der Waals surface area contributed by atoms with Gasteiger partial charge in [0.2, 0.25) is 0 Å². The minimum atomic E-state index is 0.655. The molecule has 0 spiro atoms. The van der Waals surface area contributed by atoms with Gasteiger partial charge in [0.05, 0.1) is 13.7 Å². The third-order valence-corrected chi connectivity index (χ3v) is 2.77. The highest BCUT2D eigenvalue weighted by atomic mass is 16.5. The minimum absolute atomic E-state index is 0.655. The molecule has 108 valence electrons. The molecule has 1 aromatic rings. The fraction of sp³-hybridized carbons (Fsp3) is 0.600. The van der Waals surface area contributed by atoms with E-state index in [9.17, 15) is 0 Å².